The van der Waals surface area contributed by atoms with Crippen LogP contribution in [0.1, 0.15) is 13.3 Å². The minimum atomic E-state index is -0.447. The van der Waals surface area contributed by atoms with Crippen molar-refractivity contribution in [2.24, 2.45) is 5.92 Å². The highest BCUT2D eigenvalue weighted by atomic mass is 19.1. The van der Waals surface area contributed by atoms with E-state index < -0.39 is 5.82 Å². The number of nitrogen functional groups attached to an aromatic ring is 1. The van der Waals surface area contributed by atoms with Crippen LogP contribution in [0.2, 0.25) is 0 Å². The fourth-order valence-corrected chi connectivity index (χ4v) is 2.16. The van der Waals surface area contributed by atoms with Crippen LogP contribution in [-0.4, -0.2) is 26.4 Å². The van der Waals surface area contributed by atoms with Gasteiger partial charge in [-0.1, -0.05) is 0 Å². The lowest BCUT2D eigenvalue weighted by Crippen LogP contribution is -2.26. The van der Waals surface area contributed by atoms with Crippen LogP contribution in [0.15, 0.2) is 12.1 Å². The molecule has 1 fully saturated rings. The van der Waals surface area contributed by atoms with Crippen LogP contribution in [0.5, 0.6) is 5.75 Å². The van der Waals surface area contributed by atoms with Crippen molar-refractivity contribution < 1.29 is 13.9 Å². The third-order valence-corrected chi connectivity index (χ3v) is 3.38. The summed E-state index contributed by atoms with van der Waals surface area (Å²) in [5.41, 5.74) is 6.89. The van der Waals surface area contributed by atoms with Gasteiger partial charge in [0, 0.05) is 30.7 Å². The molecule has 0 radical (unpaired) electrons. The number of benzene rings is 1. The van der Waals surface area contributed by atoms with E-state index in [9.17, 15) is 4.39 Å². The number of halogens is 1. The van der Waals surface area contributed by atoms with E-state index in [1.807, 2.05) is 0 Å². The summed E-state index contributed by atoms with van der Waals surface area (Å²) >= 11 is 0. The number of rotatable bonds is 4. The average molecular weight is 254 g/mol. The molecule has 4 nitrogen and oxygen atoms in total. The quantitative estimate of drug-likeness (QED) is 0.809. The van der Waals surface area contributed by atoms with Crippen molar-refractivity contribution >= 4 is 11.4 Å². The summed E-state index contributed by atoms with van der Waals surface area (Å²) in [6.45, 7) is 3.64. The van der Waals surface area contributed by atoms with E-state index in [1.54, 1.807) is 6.07 Å². The Hall–Kier alpha value is -1.49. The molecule has 5 heteroatoms. The lowest BCUT2D eigenvalue weighted by atomic mass is 10.0. The monoisotopic (exact) mass is 254 g/mol. The Balaban J connectivity index is 2.12. The van der Waals surface area contributed by atoms with E-state index in [-0.39, 0.29) is 11.8 Å². The summed E-state index contributed by atoms with van der Waals surface area (Å²) < 4.78 is 23.7. The summed E-state index contributed by atoms with van der Waals surface area (Å²) in [4.78, 5) is 0. The topological polar surface area (TPSA) is 56.5 Å². The molecule has 0 aliphatic carbocycles. The molecule has 3 N–H and O–H groups in total. The van der Waals surface area contributed by atoms with Gasteiger partial charge in [-0.05, 0) is 13.3 Å². The molecule has 1 heterocycles. The van der Waals surface area contributed by atoms with E-state index in [1.165, 1.54) is 13.2 Å². The number of nitrogens with one attached hydrogen (secondary N) is 1. The first-order valence-corrected chi connectivity index (χ1v) is 6.09. The van der Waals surface area contributed by atoms with Gasteiger partial charge in [0.25, 0.3) is 0 Å². The van der Waals surface area contributed by atoms with Gasteiger partial charge < -0.3 is 20.5 Å². The Morgan fingerprint density at radius 3 is 2.94 bits per heavy atom. The molecule has 18 heavy (non-hydrogen) atoms. The molecule has 0 spiro atoms. The molecule has 2 unspecified atom stereocenters. The summed E-state index contributed by atoms with van der Waals surface area (Å²) in [6, 6.07) is 3.10. The summed E-state index contributed by atoms with van der Waals surface area (Å²) in [5.74, 6) is 0.208. The predicted molar refractivity (Wildman–Crippen MR) is 69.4 cm³/mol. The number of methoxy groups -OCH3 is 1. The lowest BCUT2D eigenvalue weighted by Gasteiger charge is -2.22. The van der Waals surface area contributed by atoms with Gasteiger partial charge >= 0.3 is 0 Å². The number of anilines is 2. The zero-order chi connectivity index (χ0) is 13.1. The van der Waals surface area contributed by atoms with Crippen molar-refractivity contribution in [3.05, 3.63) is 17.9 Å². The molecule has 2 rings (SSSR count). The van der Waals surface area contributed by atoms with Gasteiger partial charge in [0.2, 0.25) is 0 Å². The highest BCUT2D eigenvalue weighted by Gasteiger charge is 2.23. The number of ether oxygens (including phenoxy) is 2. The van der Waals surface area contributed by atoms with Crippen molar-refractivity contribution in [3.8, 4) is 5.75 Å². The van der Waals surface area contributed by atoms with Gasteiger partial charge in [-0.15, -0.1) is 0 Å². The van der Waals surface area contributed by atoms with Crippen molar-refractivity contribution in [1.82, 2.24) is 0 Å². The Bertz CT molecular complexity index is 420. The second-order valence-corrected chi connectivity index (χ2v) is 4.63. The molecular weight excluding hydrogens is 235 g/mol. The number of hydrogen-bond acceptors (Lipinski definition) is 4. The Morgan fingerprint density at radius 1 is 1.56 bits per heavy atom. The average Bonchev–Trinajstić information content (AvgIpc) is 2.86. The van der Waals surface area contributed by atoms with Crippen LogP contribution in [-0.2, 0) is 4.74 Å². The Kier molecular flexibility index (Phi) is 3.91. The van der Waals surface area contributed by atoms with Crippen LogP contribution in [0.3, 0.4) is 0 Å². The maximum atomic E-state index is 13.4. The second kappa shape index (κ2) is 5.44. The van der Waals surface area contributed by atoms with Gasteiger partial charge in [-0.25, -0.2) is 4.39 Å². The molecule has 0 aromatic heterocycles. The third-order valence-electron chi connectivity index (χ3n) is 3.38. The summed E-state index contributed by atoms with van der Waals surface area (Å²) in [7, 11) is 1.44. The zero-order valence-electron chi connectivity index (χ0n) is 10.7. The van der Waals surface area contributed by atoms with E-state index in [2.05, 4.69) is 12.2 Å². The fraction of sp³-hybridized carbons (Fsp3) is 0.538. The third kappa shape index (κ3) is 2.67. The zero-order valence-corrected chi connectivity index (χ0v) is 10.7. The molecule has 1 aliphatic rings. The first kappa shape index (κ1) is 13.0. The van der Waals surface area contributed by atoms with Crippen LogP contribution >= 0.6 is 0 Å². The summed E-state index contributed by atoms with van der Waals surface area (Å²) in [5, 5.41) is 3.30. The second-order valence-electron chi connectivity index (χ2n) is 4.63. The van der Waals surface area contributed by atoms with E-state index in [0.29, 0.717) is 17.3 Å². The first-order chi connectivity index (χ1) is 8.61. The molecule has 0 bridgehead atoms. The van der Waals surface area contributed by atoms with Gasteiger partial charge in [-0.3, -0.25) is 0 Å². The van der Waals surface area contributed by atoms with Gasteiger partial charge in [0.05, 0.1) is 25.1 Å². The molecule has 2 atom stereocenters. The van der Waals surface area contributed by atoms with Crippen molar-refractivity contribution in [3.63, 3.8) is 0 Å². The molecule has 1 saturated heterocycles. The molecule has 100 valence electrons. The molecule has 0 saturated carbocycles. The van der Waals surface area contributed by atoms with Crippen LogP contribution in [0, 0.1) is 11.7 Å². The number of hydrogen-bond donors (Lipinski definition) is 2. The molecule has 1 aromatic carbocycles. The van der Waals surface area contributed by atoms with Crippen LogP contribution in [0.25, 0.3) is 0 Å². The van der Waals surface area contributed by atoms with E-state index in [0.717, 1.165) is 19.6 Å². The Labute approximate surface area is 106 Å². The van der Waals surface area contributed by atoms with Gasteiger partial charge in [0.15, 0.2) is 11.6 Å². The first-order valence-electron chi connectivity index (χ1n) is 6.09. The highest BCUT2D eigenvalue weighted by molar-refractivity contribution is 5.69. The fourth-order valence-electron chi connectivity index (χ4n) is 2.16. The molecule has 0 amide bonds. The predicted octanol–water partition coefficient (Wildman–Crippen LogP) is 2.25. The molecule has 1 aliphatic heterocycles. The van der Waals surface area contributed by atoms with Crippen molar-refractivity contribution in [1.29, 1.82) is 0 Å². The highest BCUT2D eigenvalue weighted by Crippen LogP contribution is 2.30. The van der Waals surface area contributed by atoms with Crippen molar-refractivity contribution in [2.45, 2.75) is 19.4 Å². The van der Waals surface area contributed by atoms with Gasteiger partial charge in [-0.2, -0.15) is 0 Å². The minimum absolute atomic E-state index is 0.196. The van der Waals surface area contributed by atoms with Gasteiger partial charge in [0.1, 0.15) is 0 Å². The van der Waals surface area contributed by atoms with Crippen molar-refractivity contribution in [2.75, 3.05) is 31.4 Å². The summed E-state index contributed by atoms with van der Waals surface area (Å²) in [6.07, 6.45) is 1.03. The SMILES string of the molecule is COc1cc(NC(C)C2CCOC2)c(N)cc1F. The lowest BCUT2D eigenvalue weighted by molar-refractivity contribution is 0.183. The van der Waals surface area contributed by atoms with Crippen LogP contribution in [0.4, 0.5) is 15.8 Å². The minimum Gasteiger partial charge on any atom is -0.494 e. The normalized spacial score (nSPS) is 20.7. The standard InChI is InChI=1S/C13H19FN2O2/c1-8(9-3-4-18-7-9)16-12-6-13(17-2)10(14)5-11(12)15/h5-6,8-9,16H,3-4,7,15H2,1-2H3. The Morgan fingerprint density at radius 2 is 2.33 bits per heavy atom. The van der Waals surface area contributed by atoms with E-state index in [4.69, 9.17) is 15.2 Å². The molecular formula is C13H19FN2O2. The maximum Gasteiger partial charge on any atom is 0.167 e. The largest absolute Gasteiger partial charge is 0.494 e. The number of nitrogens with two attached hydrogens (primary N) is 1. The van der Waals surface area contributed by atoms with Crippen LogP contribution < -0.4 is 15.8 Å². The maximum absolute atomic E-state index is 13.4. The smallest absolute Gasteiger partial charge is 0.167 e. The molecule has 1 aromatic rings. The van der Waals surface area contributed by atoms with E-state index >= 15 is 0 Å².